The number of nitrogens with zero attached hydrogens (tertiary/aromatic N) is 2. The average Bonchev–Trinajstić information content (AvgIpc) is 3.07. The zero-order chi connectivity index (χ0) is 27.3. The molecule has 5 rings (SSSR count). The molecular formula is C28H30F6N2O2. The lowest BCUT2D eigenvalue weighted by atomic mass is 9.69. The molecule has 0 N–H and O–H groups in total. The van der Waals surface area contributed by atoms with Crippen molar-refractivity contribution in [2.75, 3.05) is 26.2 Å². The van der Waals surface area contributed by atoms with Crippen molar-refractivity contribution < 1.29 is 35.9 Å². The van der Waals surface area contributed by atoms with Gasteiger partial charge in [0.05, 0.1) is 41.5 Å². The summed E-state index contributed by atoms with van der Waals surface area (Å²) in [5, 5.41) is 0. The van der Waals surface area contributed by atoms with Crippen LogP contribution < -0.4 is 0 Å². The Labute approximate surface area is 217 Å². The van der Waals surface area contributed by atoms with Gasteiger partial charge in [-0.3, -0.25) is 9.69 Å². The summed E-state index contributed by atoms with van der Waals surface area (Å²) >= 11 is 0. The second-order valence-corrected chi connectivity index (χ2v) is 10.8. The van der Waals surface area contributed by atoms with Crippen molar-refractivity contribution >= 4 is 5.91 Å². The van der Waals surface area contributed by atoms with Crippen molar-refractivity contribution in [1.29, 1.82) is 0 Å². The summed E-state index contributed by atoms with van der Waals surface area (Å²) in [5.41, 5.74) is -3.81. The molecule has 4 atom stereocenters. The largest absolute Gasteiger partial charge is 0.416 e. The van der Waals surface area contributed by atoms with Crippen LogP contribution in [0.3, 0.4) is 0 Å². The van der Waals surface area contributed by atoms with Crippen LogP contribution in [0.4, 0.5) is 26.3 Å². The Bertz CT molecular complexity index is 1120. The van der Waals surface area contributed by atoms with E-state index in [-0.39, 0.29) is 42.1 Å². The highest BCUT2D eigenvalue weighted by Gasteiger charge is 2.58. The number of alkyl halides is 6. The zero-order valence-corrected chi connectivity index (χ0v) is 21.0. The van der Waals surface area contributed by atoms with Crippen LogP contribution in [0.1, 0.15) is 55.4 Å². The minimum atomic E-state index is -4.93. The fraction of sp³-hybridized carbons (Fsp3) is 0.536. The van der Waals surface area contributed by atoms with Crippen molar-refractivity contribution in [3.63, 3.8) is 0 Å². The number of hydrogen-bond acceptors (Lipinski definition) is 3. The Kier molecular flexibility index (Phi) is 6.79. The maximum atomic E-state index is 13.4. The number of piperazine rings is 1. The lowest BCUT2D eigenvalue weighted by molar-refractivity contribution is -0.165. The molecule has 0 aromatic heterocycles. The molecule has 206 valence electrons. The molecule has 3 aliphatic heterocycles. The first-order valence-electron chi connectivity index (χ1n) is 12.8. The molecule has 0 saturated carbocycles. The fourth-order valence-electron chi connectivity index (χ4n) is 6.55. The van der Waals surface area contributed by atoms with Crippen molar-refractivity contribution in [3.05, 3.63) is 71.3 Å². The van der Waals surface area contributed by atoms with Crippen LogP contribution in [0.2, 0.25) is 0 Å². The number of rotatable bonds is 5. The molecule has 10 heteroatoms. The van der Waals surface area contributed by atoms with Gasteiger partial charge in [0.15, 0.2) is 0 Å². The molecule has 3 saturated heterocycles. The number of halogens is 6. The second-order valence-electron chi connectivity index (χ2n) is 10.8. The van der Waals surface area contributed by atoms with Crippen LogP contribution in [0.15, 0.2) is 54.7 Å². The molecule has 1 amide bonds. The van der Waals surface area contributed by atoms with Gasteiger partial charge < -0.3 is 9.64 Å². The van der Waals surface area contributed by atoms with Crippen LogP contribution in [0.25, 0.3) is 0 Å². The number of fused-ring (bicyclic) bond motifs is 1. The topological polar surface area (TPSA) is 32.8 Å². The molecule has 0 radical (unpaired) electrons. The van der Waals surface area contributed by atoms with E-state index in [1.807, 2.05) is 41.4 Å². The van der Waals surface area contributed by atoms with Crippen LogP contribution >= 0.6 is 0 Å². The Hall–Kier alpha value is -2.59. The smallest absolute Gasteiger partial charge is 0.372 e. The van der Waals surface area contributed by atoms with Crippen LogP contribution in [-0.4, -0.2) is 53.0 Å². The number of allylic oxidation sites excluding steroid dienone is 4. The Morgan fingerprint density at radius 3 is 2.18 bits per heavy atom. The number of carbonyl (C=O) groups excluding carboxylic acids is 1. The monoisotopic (exact) mass is 540 g/mol. The Morgan fingerprint density at radius 1 is 0.947 bits per heavy atom. The van der Waals surface area contributed by atoms with Gasteiger partial charge in [0.25, 0.3) is 0 Å². The normalized spacial score (nSPS) is 30.4. The van der Waals surface area contributed by atoms with Crippen LogP contribution in [0, 0.1) is 5.92 Å². The van der Waals surface area contributed by atoms with Crippen molar-refractivity contribution in [3.8, 4) is 0 Å². The van der Waals surface area contributed by atoms with Gasteiger partial charge in [0.2, 0.25) is 5.91 Å². The molecule has 4 aliphatic rings. The van der Waals surface area contributed by atoms with E-state index in [1.165, 1.54) is 6.92 Å². The molecule has 3 fully saturated rings. The molecule has 1 unspecified atom stereocenters. The van der Waals surface area contributed by atoms with Gasteiger partial charge in [-0.25, -0.2) is 0 Å². The zero-order valence-electron chi connectivity index (χ0n) is 21.0. The quantitative estimate of drug-likeness (QED) is 0.411. The van der Waals surface area contributed by atoms with Crippen molar-refractivity contribution in [1.82, 2.24) is 9.80 Å². The number of amides is 1. The van der Waals surface area contributed by atoms with Gasteiger partial charge in [0.1, 0.15) is 0 Å². The summed E-state index contributed by atoms with van der Waals surface area (Å²) in [5.74, 6) is -0.103. The summed E-state index contributed by atoms with van der Waals surface area (Å²) in [7, 11) is 0. The molecule has 38 heavy (non-hydrogen) atoms. The SMILES string of the molecule is C[C@@H](OC[C@@]1(C2C=CC=CC=C2)CC[C@]23CCCN2C(=O)CN1C3)c1cc(C(F)(F)F)cc(C(F)(F)F)c1. The molecule has 1 aliphatic carbocycles. The minimum Gasteiger partial charge on any atom is -0.372 e. The Balaban J connectivity index is 1.46. The highest BCUT2D eigenvalue weighted by molar-refractivity contribution is 5.81. The fourth-order valence-corrected chi connectivity index (χ4v) is 6.55. The molecule has 2 bridgehead atoms. The number of piperidine rings is 1. The van der Waals surface area contributed by atoms with E-state index < -0.39 is 35.1 Å². The predicted molar refractivity (Wildman–Crippen MR) is 129 cm³/mol. The lowest BCUT2D eigenvalue weighted by Gasteiger charge is -2.60. The van der Waals surface area contributed by atoms with Crippen LogP contribution in [0.5, 0.6) is 0 Å². The molecule has 3 heterocycles. The van der Waals surface area contributed by atoms with Crippen molar-refractivity contribution in [2.45, 2.75) is 62.1 Å². The molecule has 4 nitrogen and oxygen atoms in total. The first kappa shape index (κ1) is 27.0. The highest BCUT2D eigenvalue weighted by Crippen LogP contribution is 2.49. The lowest BCUT2D eigenvalue weighted by Crippen LogP contribution is -2.73. The minimum absolute atomic E-state index is 0.0501. The van der Waals surface area contributed by atoms with E-state index in [4.69, 9.17) is 4.74 Å². The van der Waals surface area contributed by atoms with E-state index in [0.29, 0.717) is 13.0 Å². The third kappa shape index (κ3) is 4.81. The summed E-state index contributed by atoms with van der Waals surface area (Å²) in [6.45, 7) is 3.14. The van der Waals surface area contributed by atoms with Gasteiger partial charge in [-0.05, 0) is 56.4 Å². The standard InChI is InChI=1S/C28H30F6N2O2/c1-19(20-13-22(27(29,30)31)15-23(14-20)28(32,33)34)38-18-26(21-7-4-2-3-5-8-21)11-10-25-9-6-12-36(25)24(37)16-35(26)17-25/h2-5,7-8,13-15,19,21H,6,9-12,16-18H2,1H3/t19-,25+,26-/m1/s1. The summed E-state index contributed by atoms with van der Waals surface area (Å²) < 4.78 is 86.7. The average molecular weight is 541 g/mol. The van der Waals surface area contributed by atoms with Gasteiger partial charge in [-0.15, -0.1) is 0 Å². The van der Waals surface area contributed by atoms with E-state index in [9.17, 15) is 31.1 Å². The number of benzene rings is 1. The second kappa shape index (κ2) is 9.55. The summed E-state index contributed by atoms with van der Waals surface area (Å²) in [6, 6.07) is 1.57. The first-order valence-corrected chi connectivity index (χ1v) is 12.8. The van der Waals surface area contributed by atoms with Gasteiger partial charge in [-0.1, -0.05) is 36.5 Å². The maximum Gasteiger partial charge on any atom is 0.416 e. The van der Waals surface area contributed by atoms with Crippen LogP contribution in [-0.2, 0) is 21.9 Å². The summed E-state index contributed by atoms with van der Waals surface area (Å²) in [4.78, 5) is 17.3. The number of carbonyl (C=O) groups is 1. The van der Waals surface area contributed by atoms with Crippen molar-refractivity contribution in [2.24, 2.45) is 5.92 Å². The maximum absolute atomic E-state index is 13.4. The molecular weight excluding hydrogens is 510 g/mol. The highest BCUT2D eigenvalue weighted by atomic mass is 19.4. The number of ether oxygens (including phenoxy) is 1. The molecule has 1 aromatic rings. The predicted octanol–water partition coefficient (Wildman–Crippen LogP) is 6.31. The van der Waals surface area contributed by atoms with Gasteiger partial charge in [0, 0.05) is 19.0 Å². The molecule has 1 spiro atoms. The third-order valence-electron chi connectivity index (χ3n) is 8.62. The summed E-state index contributed by atoms with van der Waals surface area (Å²) in [6.07, 6.45) is 4.05. The third-order valence-corrected chi connectivity index (χ3v) is 8.62. The van der Waals surface area contributed by atoms with E-state index in [2.05, 4.69) is 4.90 Å². The number of hydrogen-bond donors (Lipinski definition) is 0. The Morgan fingerprint density at radius 2 is 1.58 bits per heavy atom. The molecule has 1 aromatic carbocycles. The van der Waals surface area contributed by atoms with E-state index >= 15 is 0 Å². The van der Waals surface area contributed by atoms with Gasteiger partial charge >= 0.3 is 12.4 Å². The van der Waals surface area contributed by atoms with E-state index in [1.54, 1.807) is 0 Å². The van der Waals surface area contributed by atoms with E-state index in [0.717, 1.165) is 37.9 Å². The first-order chi connectivity index (χ1) is 17.8. The van der Waals surface area contributed by atoms with Gasteiger partial charge in [-0.2, -0.15) is 26.3 Å².